The number of nitrogens with zero attached hydrogens (tertiary/aromatic N) is 3. The third kappa shape index (κ3) is 4.14. The van der Waals surface area contributed by atoms with Gasteiger partial charge < -0.3 is 14.6 Å². The van der Waals surface area contributed by atoms with Crippen LogP contribution in [0.15, 0.2) is 47.1 Å². The van der Waals surface area contributed by atoms with E-state index in [-0.39, 0.29) is 23.2 Å². The molecule has 0 aliphatic carbocycles. The normalized spacial score (nSPS) is 16.0. The summed E-state index contributed by atoms with van der Waals surface area (Å²) >= 11 is 0. The summed E-state index contributed by atoms with van der Waals surface area (Å²) < 4.78 is 5.13. The highest BCUT2D eigenvalue weighted by molar-refractivity contribution is 5.96. The maximum absolute atomic E-state index is 12.5. The molecular formula is C18H20N4O5. The van der Waals surface area contributed by atoms with E-state index in [1.165, 1.54) is 18.4 Å². The molecule has 0 radical (unpaired) electrons. The molecule has 1 aromatic heterocycles. The van der Waals surface area contributed by atoms with Gasteiger partial charge in [0.15, 0.2) is 5.76 Å². The van der Waals surface area contributed by atoms with Crippen LogP contribution in [0.4, 0.5) is 11.4 Å². The Morgan fingerprint density at radius 2 is 1.85 bits per heavy atom. The minimum atomic E-state index is -0.528. The molecule has 0 bridgehead atoms. The van der Waals surface area contributed by atoms with E-state index in [2.05, 4.69) is 5.32 Å². The zero-order valence-corrected chi connectivity index (χ0v) is 14.8. The Hall–Kier alpha value is -3.20. The van der Waals surface area contributed by atoms with Crippen molar-refractivity contribution >= 4 is 23.2 Å². The zero-order chi connectivity index (χ0) is 19.4. The molecule has 2 heterocycles. The highest BCUT2D eigenvalue weighted by atomic mass is 16.6. The van der Waals surface area contributed by atoms with E-state index < -0.39 is 11.0 Å². The Labute approximate surface area is 155 Å². The van der Waals surface area contributed by atoms with Crippen molar-refractivity contribution in [2.45, 2.75) is 13.0 Å². The summed E-state index contributed by atoms with van der Waals surface area (Å²) in [5.41, 5.74) is 0.0258. The Balaban J connectivity index is 1.57. The molecule has 1 aliphatic rings. The second-order valence-electron chi connectivity index (χ2n) is 6.24. The molecule has 2 aromatic rings. The second kappa shape index (κ2) is 8.00. The minimum Gasteiger partial charge on any atom is -0.459 e. The molecule has 1 aromatic carbocycles. The van der Waals surface area contributed by atoms with Crippen LogP contribution in [0.3, 0.4) is 0 Å². The minimum absolute atomic E-state index is 0.146. The van der Waals surface area contributed by atoms with Crippen LogP contribution in [-0.4, -0.2) is 58.8 Å². The molecule has 0 saturated carbocycles. The lowest BCUT2D eigenvalue weighted by Gasteiger charge is -2.37. The molecule has 2 amide bonds. The lowest BCUT2D eigenvalue weighted by Crippen LogP contribution is -2.54. The molecular weight excluding hydrogens is 352 g/mol. The number of carbonyl (C=O) groups excluding carboxylic acids is 2. The third-order valence-electron chi connectivity index (χ3n) is 4.62. The van der Waals surface area contributed by atoms with Crippen molar-refractivity contribution in [2.24, 2.45) is 0 Å². The number of nitro benzene ring substituents is 1. The third-order valence-corrected chi connectivity index (χ3v) is 4.62. The number of carbonyl (C=O) groups is 2. The molecule has 1 aliphatic heterocycles. The number of piperazine rings is 1. The van der Waals surface area contributed by atoms with Crippen molar-refractivity contribution in [1.29, 1.82) is 0 Å². The molecule has 142 valence electrons. The van der Waals surface area contributed by atoms with Gasteiger partial charge in [-0.3, -0.25) is 24.6 Å². The largest absolute Gasteiger partial charge is 0.459 e. The van der Waals surface area contributed by atoms with E-state index in [1.54, 1.807) is 36.1 Å². The van der Waals surface area contributed by atoms with Crippen LogP contribution in [0.2, 0.25) is 0 Å². The smallest absolute Gasteiger partial charge is 0.292 e. The van der Waals surface area contributed by atoms with Gasteiger partial charge in [0.1, 0.15) is 5.69 Å². The van der Waals surface area contributed by atoms with Gasteiger partial charge in [-0.1, -0.05) is 12.1 Å². The van der Waals surface area contributed by atoms with Gasteiger partial charge in [0.05, 0.1) is 17.2 Å². The summed E-state index contributed by atoms with van der Waals surface area (Å²) in [6, 6.07) is 8.84. The van der Waals surface area contributed by atoms with Gasteiger partial charge in [0.2, 0.25) is 5.91 Å². The topological polar surface area (TPSA) is 109 Å². The summed E-state index contributed by atoms with van der Waals surface area (Å²) in [4.78, 5) is 39.0. The second-order valence-corrected chi connectivity index (χ2v) is 6.24. The number of benzene rings is 1. The standard InChI is InChI=1S/C18H20N4O5/c1-13(17(23)19-14-5-2-3-6-15(14)22(25)26)20-8-10-21(11-9-20)18(24)16-7-4-12-27-16/h2-7,12-13H,8-11H2,1H3,(H,19,23)/t13-/m0/s1. The quantitative estimate of drug-likeness (QED) is 0.635. The van der Waals surface area contributed by atoms with Gasteiger partial charge in [-0.15, -0.1) is 0 Å². The molecule has 1 atom stereocenters. The Bertz CT molecular complexity index is 828. The van der Waals surface area contributed by atoms with E-state index in [1.807, 2.05) is 4.90 Å². The van der Waals surface area contributed by atoms with Crippen molar-refractivity contribution in [1.82, 2.24) is 9.80 Å². The number of hydrogen-bond donors (Lipinski definition) is 1. The van der Waals surface area contributed by atoms with E-state index in [4.69, 9.17) is 4.42 Å². The molecule has 3 rings (SSSR count). The number of rotatable bonds is 5. The number of hydrogen-bond acceptors (Lipinski definition) is 6. The summed E-state index contributed by atoms with van der Waals surface area (Å²) in [6.45, 7) is 3.75. The number of nitro groups is 1. The Kier molecular flexibility index (Phi) is 5.51. The molecule has 27 heavy (non-hydrogen) atoms. The van der Waals surface area contributed by atoms with Crippen LogP contribution in [0.5, 0.6) is 0 Å². The highest BCUT2D eigenvalue weighted by Crippen LogP contribution is 2.23. The van der Waals surface area contributed by atoms with E-state index in [9.17, 15) is 19.7 Å². The van der Waals surface area contributed by atoms with Crippen LogP contribution < -0.4 is 5.32 Å². The molecule has 1 saturated heterocycles. The summed E-state index contributed by atoms with van der Waals surface area (Å²) in [7, 11) is 0. The van der Waals surface area contributed by atoms with Gasteiger partial charge in [-0.25, -0.2) is 0 Å². The van der Waals surface area contributed by atoms with Crippen molar-refractivity contribution < 1.29 is 18.9 Å². The van der Waals surface area contributed by atoms with Crippen LogP contribution in [-0.2, 0) is 4.79 Å². The van der Waals surface area contributed by atoms with Gasteiger partial charge in [0.25, 0.3) is 11.6 Å². The molecule has 9 heteroatoms. The van der Waals surface area contributed by atoms with Gasteiger partial charge in [-0.05, 0) is 25.1 Å². The first kappa shape index (κ1) is 18.6. The summed E-state index contributed by atoms with van der Waals surface area (Å²) in [6.07, 6.45) is 1.46. The van der Waals surface area contributed by atoms with Crippen LogP contribution >= 0.6 is 0 Å². The molecule has 1 N–H and O–H groups in total. The molecule has 0 unspecified atom stereocenters. The summed E-state index contributed by atoms with van der Waals surface area (Å²) in [5.74, 6) is -0.197. The maximum atomic E-state index is 12.5. The SMILES string of the molecule is C[C@@H](C(=O)Nc1ccccc1[N+](=O)[O-])N1CCN(C(=O)c2ccco2)CC1. The number of para-hydroxylation sites is 2. The molecule has 1 fully saturated rings. The summed E-state index contributed by atoms with van der Waals surface area (Å²) in [5, 5.41) is 13.7. The molecule has 9 nitrogen and oxygen atoms in total. The fourth-order valence-electron chi connectivity index (χ4n) is 3.01. The molecule has 0 spiro atoms. The number of anilines is 1. The average molecular weight is 372 g/mol. The van der Waals surface area contributed by atoms with E-state index in [0.717, 1.165) is 0 Å². The van der Waals surface area contributed by atoms with Crippen molar-refractivity contribution in [3.8, 4) is 0 Å². The van der Waals surface area contributed by atoms with Crippen LogP contribution in [0.1, 0.15) is 17.5 Å². The number of furan rings is 1. The van der Waals surface area contributed by atoms with Crippen LogP contribution in [0, 0.1) is 10.1 Å². The van der Waals surface area contributed by atoms with Crippen molar-refractivity contribution in [2.75, 3.05) is 31.5 Å². The fourth-order valence-corrected chi connectivity index (χ4v) is 3.01. The first-order chi connectivity index (χ1) is 13.0. The Morgan fingerprint density at radius 1 is 1.15 bits per heavy atom. The van der Waals surface area contributed by atoms with Crippen LogP contribution in [0.25, 0.3) is 0 Å². The van der Waals surface area contributed by atoms with E-state index >= 15 is 0 Å². The van der Waals surface area contributed by atoms with E-state index in [0.29, 0.717) is 31.9 Å². The number of amides is 2. The Morgan fingerprint density at radius 3 is 2.48 bits per heavy atom. The maximum Gasteiger partial charge on any atom is 0.292 e. The zero-order valence-electron chi connectivity index (χ0n) is 14.8. The van der Waals surface area contributed by atoms with Gasteiger partial charge >= 0.3 is 0 Å². The highest BCUT2D eigenvalue weighted by Gasteiger charge is 2.29. The van der Waals surface area contributed by atoms with Gasteiger partial charge in [-0.2, -0.15) is 0 Å². The van der Waals surface area contributed by atoms with Crippen molar-refractivity contribution in [3.63, 3.8) is 0 Å². The predicted molar refractivity (Wildman–Crippen MR) is 97.4 cm³/mol. The first-order valence-electron chi connectivity index (χ1n) is 8.58. The average Bonchev–Trinajstić information content (AvgIpc) is 3.22. The first-order valence-corrected chi connectivity index (χ1v) is 8.58. The monoisotopic (exact) mass is 372 g/mol. The van der Waals surface area contributed by atoms with Gasteiger partial charge in [0, 0.05) is 32.2 Å². The lowest BCUT2D eigenvalue weighted by molar-refractivity contribution is -0.383. The predicted octanol–water partition coefficient (Wildman–Crippen LogP) is 1.97. The fraction of sp³-hybridized carbons (Fsp3) is 0.333. The van der Waals surface area contributed by atoms with Crippen molar-refractivity contribution in [3.05, 3.63) is 58.5 Å². The number of nitrogens with one attached hydrogen (secondary N) is 1. The lowest BCUT2D eigenvalue weighted by atomic mass is 10.2.